The number of hydrogen-bond donors (Lipinski definition) is 1. The molecule has 0 spiro atoms. The van der Waals surface area contributed by atoms with E-state index >= 15 is 0 Å². The molecule has 6 heteroatoms. The van der Waals surface area contributed by atoms with Crippen molar-refractivity contribution in [1.82, 2.24) is 10.3 Å². The van der Waals surface area contributed by atoms with Crippen LogP contribution < -0.4 is 15.0 Å². The summed E-state index contributed by atoms with van der Waals surface area (Å²) in [6.45, 7) is 0.373. The second-order valence-corrected chi connectivity index (χ2v) is 6.16. The first-order valence-electron chi connectivity index (χ1n) is 8.79. The molecule has 3 aromatic rings. The molecular weight excluding hydrogens is 354 g/mol. The Hall–Kier alpha value is -3.67. The van der Waals surface area contributed by atoms with Gasteiger partial charge in [-0.15, -0.1) is 0 Å². The first-order valence-corrected chi connectivity index (χ1v) is 8.79. The number of carbonyl (C=O) groups is 2. The SMILES string of the molecule is COc1ccc(CNC(=O)c2ccnc(C(=O)N(C)c3ccccc3)c2)cc1. The molecule has 1 aromatic heterocycles. The van der Waals surface area contributed by atoms with Crippen molar-refractivity contribution in [2.45, 2.75) is 6.54 Å². The highest BCUT2D eigenvalue weighted by Gasteiger charge is 2.16. The predicted octanol–water partition coefficient (Wildman–Crippen LogP) is 3.30. The van der Waals surface area contributed by atoms with Crippen molar-refractivity contribution < 1.29 is 14.3 Å². The molecule has 0 saturated heterocycles. The molecule has 0 aliphatic rings. The standard InChI is InChI=1S/C22H21N3O3/c1-25(18-6-4-3-5-7-18)22(27)20-14-17(12-13-23-20)21(26)24-15-16-8-10-19(28-2)11-9-16/h3-14H,15H2,1-2H3,(H,24,26). The van der Waals surface area contributed by atoms with Crippen LogP contribution in [0.15, 0.2) is 72.9 Å². The van der Waals surface area contributed by atoms with Gasteiger partial charge in [0.15, 0.2) is 0 Å². The van der Waals surface area contributed by atoms with Gasteiger partial charge < -0.3 is 15.0 Å². The van der Waals surface area contributed by atoms with Crippen LogP contribution in [-0.2, 0) is 6.54 Å². The Morgan fingerprint density at radius 3 is 2.43 bits per heavy atom. The Morgan fingerprint density at radius 2 is 1.75 bits per heavy atom. The lowest BCUT2D eigenvalue weighted by atomic mass is 10.1. The van der Waals surface area contributed by atoms with Crippen molar-refractivity contribution in [3.63, 3.8) is 0 Å². The number of rotatable bonds is 6. The number of aromatic nitrogens is 1. The van der Waals surface area contributed by atoms with E-state index in [4.69, 9.17) is 4.74 Å². The quantitative estimate of drug-likeness (QED) is 0.718. The summed E-state index contributed by atoms with van der Waals surface area (Å²) in [4.78, 5) is 30.8. The fraction of sp³-hybridized carbons (Fsp3) is 0.136. The highest BCUT2D eigenvalue weighted by atomic mass is 16.5. The van der Waals surface area contributed by atoms with Gasteiger partial charge in [-0.2, -0.15) is 0 Å². The number of nitrogens with zero attached hydrogens (tertiary/aromatic N) is 2. The third kappa shape index (κ3) is 4.54. The van der Waals surface area contributed by atoms with Crippen LogP contribution in [0.5, 0.6) is 5.75 Å². The molecule has 2 aromatic carbocycles. The zero-order valence-electron chi connectivity index (χ0n) is 15.8. The van der Waals surface area contributed by atoms with Crippen LogP contribution >= 0.6 is 0 Å². The van der Waals surface area contributed by atoms with Crippen LogP contribution in [0.2, 0.25) is 0 Å². The van der Waals surface area contributed by atoms with Crippen LogP contribution in [0.4, 0.5) is 5.69 Å². The average Bonchev–Trinajstić information content (AvgIpc) is 2.77. The molecule has 0 aliphatic heterocycles. The molecule has 1 heterocycles. The molecule has 0 unspecified atom stereocenters. The summed E-state index contributed by atoms with van der Waals surface area (Å²) in [7, 11) is 3.28. The van der Waals surface area contributed by atoms with E-state index in [1.54, 1.807) is 20.2 Å². The summed E-state index contributed by atoms with van der Waals surface area (Å²) in [6, 6.07) is 19.8. The molecule has 3 rings (SSSR count). The van der Waals surface area contributed by atoms with Crippen molar-refractivity contribution in [2.75, 3.05) is 19.1 Å². The number of hydrogen-bond acceptors (Lipinski definition) is 4. The molecule has 1 N–H and O–H groups in total. The molecule has 0 radical (unpaired) electrons. The fourth-order valence-electron chi connectivity index (χ4n) is 2.66. The predicted molar refractivity (Wildman–Crippen MR) is 108 cm³/mol. The number of anilines is 1. The Morgan fingerprint density at radius 1 is 1.04 bits per heavy atom. The van der Waals surface area contributed by atoms with Gasteiger partial charge in [-0.25, -0.2) is 0 Å². The number of amides is 2. The van der Waals surface area contributed by atoms with Gasteiger partial charge in [-0.05, 0) is 42.0 Å². The van der Waals surface area contributed by atoms with Crippen LogP contribution in [0, 0.1) is 0 Å². The molecule has 0 aliphatic carbocycles. The number of benzene rings is 2. The van der Waals surface area contributed by atoms with E-state index in [0.717, 1.165) is 17.0 Å². The maximum atomic E-state index is 12.7. The third-order valence-electron chi connectivity index (χ3n) is 4.30. The summed E-state index contributed by atoms with van der Waals surface area (Å²) in [6.07, 6.45) is 1.47. The van der Waals surface area contributed by atoms with E-state index in [0.29, 0.717) is 12.1 Å². The highest BCUT2D eigenvalue weighted by molar-refractivity contribution is 6.06. The molecule has 6 nitrogen and oxygen atoms in total. The second-order valence-electron chi connectivity index (χ2n) is 6.16. The lowest BCUT2D eigenvalue weighted by molar-refractivity contribution is 0.0951. The fourth-order valence-corrected chi connectivity index (χ4v) is 2.66. The number of para-hydroxylation sites is 1. The molecule has 0 fully saturated rings. The molecule has 28 heavy (non-hydrogen) atoms. The maximum Gasteiger partial charge on any atom is 0.276 e. The van der Waals surface area contributed by atoms with E-state index in [1.807, 2.05) is 54.6 Å². The van der Waals surface area contributed by atoms with Gasteiger partial charge >= 0.3 is 0 Å². The van der Waals surface area contributed by atoms with Gasteiger partial charge in [0.2, 0.25) is 0 Å². The number of methoxy groups -OCH3 is 1. The Balaban J connectivity index is 1.67. The van der Waals surface area contributed by atoms with Crippen molar-refractivity contribution >= 4 is 17.5 Å². The molecule has 0 atom stereocenters. The smallest absolute Gasteiger partial charge is 0.276 e. The van der Waals surface area contributed by atoms with Gasteiger partial charge in [0.25, 0.3) is 11.8 Å². The highest BCUT2D eigenvalue weighted by Crippen LogP contribution is 2.15. The summed E-state index contributed by atoms with van der Waals surface area (Å²) in [5.74, 6) is 0.209. The van der Waals surface area contributed by atoms with E-state index < -0.39 is 0 Å². The molecule has 0 bridgehead atoms. The number of nitrogens with one attached hydrogen (secondary N) is 1. The number of carbonyl (C=O) groups excluding carboxylic acids is 2. The van der Waals surface area contributed by atoms with Crippen molar-refractivity contribution in [3.8, 4) is 5.75 Å². The van der Waals surface area contributed by atoms with Gasteiger partial charge in [0.1, 0.15) is 11.4 Å². The summed E-state index contributed by atoms with van der Waals surface area (Å²) in [5, 5.41) is 2.85. The van der Waals surface area contributed by atoms with Gasteiger partial charge in [-0.1, -0.05) is 30.3 Å². The zero-order valence-corrected chi connectivity index (χ0v) is 15.8. The molecule has 0 saturated carbocycles. The monoisotopic (exact) mass is 375 g/mol. The van der Waals surface area contributed by atoms with Crippen LogP contribution in [-0.4, -0.2) is 31.0 Å². The normalized spacial score (nSPS) is 10.2. The minimum Gasteiger partial charge on any atom is -0.497 e. The van der Waals surface area contributed by atoms with Crippen LogP contribution in [0.1, 0.15) is 26.4 Å². The molecule has 2 amide bonds. The van der Waals surface area contributed by atoms with Crippen molar-refractivity contribution in [1.29, 1.82) is 0 Å². The van der Waals surface area contributed by atoms with Gasteiger partial charge in [0.05, 0.1) is 7.11 Å². The van der Waals surface area contributed by atoms with E-state index in [9.17, 15) is 9.59 Å². The first-order chi connectivity index (χ1) is 13.6. The van der Waals surface area contributed by atoms with Gasteiger partial charge in [-0.3, -0.25) is 14.6 Å². The summed E-state index contributed by atoms with van der Waals surface area (Å²) >= 11 is 0. The van der Waals surface area contributed by atoms with E-state index in [1.165, 1.54) is 17.2 Å². The number of pyridine rings is 1. The lowest BCUT2D eigenvalue weighted by Gasteiger charge is -2.17. The van der Waals surface area contributed by atoms with E-state index in [2.05, 4.69) is 10.3 Å². The lowest BCUT2D eigenvalue weighted by Crippen LogP contribution is -2.28. The van der Waals surface area contributed by atoms with Crippen molar-refractivity contribution in [2.24, 2.45) is 0 Å². The maximum absolute atomic E-state index is 12.7. The zero-order chi connectivity index (χ0) is 19.9. The minimum absolute atomic E-state index is 0.212. The Bertz CT molecular complexity index is 956. The topological polar surface area (TPSA) is 71.5 Å². The van der Waals surface area contributed by atoms with Crippen LogP contribution in [0.3, 0.4) is 0 Å². The van der Waals surface area contributed by atoms with Gasteiger partial charge in [0, 0.05) is 31.0 Å². The largest absolute Gasteiger partial charge is 0.497 e. The molecular formula is C22H21N3O3. The first kappa shape index (κ1) is 19.1. The van der Waals surface area contributed by atoms with Crippen LogP contribution in [0.25, 0.3) is 0 Å². The number of ether oxygens (including phenoxy) is 1. The summed E-state index contributed by atoms with van der Waals surface area (Å²) < 4.78 is 5.12. The minimum atomic E-state index is -0.281. The average molecular weight is 375 g/mol. The Labute approximate surface area is 163 Å². The van der Waals surface area contributed by atoms with E-state index in [-0.39, 0.29) is 17.5 Å². The van der Waals surface area contributed by atoms with Crippen molar-refractivity contribution in [3.05, 3.63) is 89.7 Å². The molecule has 142 valence electrons. The summed E-state index contributed by atoms with van der Waals surface area (Å²) in [5.41, 5.74) is 2.30. The Kier molecular flexibility index (Phi) is 6.01. The third-order valence-corrected chi connectivity index (χ3v) is 4.30. The second kappa shape index (κ2) is 8.81.